The minimum atomic E-state index is -1.53. The van der Waals surface area contributed by atoms with Gasteiger partial charge < -0.3 is 9.15 Å². The van der Waals surface area contributed by atoms with Gasteiger partial charge in [0, 0.05) is 13.5 Å². The molecule has 1 N–H and O–H groups in total. The molecule has 0 bridgehead atoms. The van der Waals surface area contributed by atoms with Gasteiger partial charge >= 0.3 is 5.97 Å². The molecule has 4 atom stereocenters. The molecule has 2 aliphatic heterocycles. The molecule has 35 heavy (non-hydrogen) atoms. The highest BCUT2D eigenvalue weighted by Gasteiger charge is 2.68. The van der Waals surface area contributed by atoms with E-state index in [4.69, 9.17) is 9.15 Å². The van der Waals surface area contributed by atoms with Crippen LogP contribution in [0.3, 0.4) is 0 Å². The maximum atomic E-state index is 13.6. The molecule has 0 radical (unpaired) electrons. The number of benzene rings is 2. The summed E-state index contributed by atoms with van der Waals surface area (Å²) in [5, 5.41) is 3.63. The Morgan fingerprint density at radius 2 is 1.86 bits per heavy atom. The van der Waals surface area contributed by atoms with E-state index < -0.39 is 41.2 Å². The van der Waals surface area contributed by atoms with Crippen molar-refractivity contribution >= 4 is 28.8 Å². The molecule has 2 amide bonds. The van der Waals surface area contributed by atoms with E-state index in [0.717, 1.165) is 16.0 Å². The molecule has 8 heteroatoms. The van der Waals surface area contributed by atoms with Crippen LogP contribution in [0.4, 0.5) is 0 Å². The molecule has 3 aromatic rings. The van der Waals surface area contributed by atoms with Gasteiger partial charge in [-0.2, -0.15) is 0 Å². The number of esters is 1. The van der Waals surface area contributed by atoms with Crippen molar-refractivity contribution in [1.82, 2.24) is 10.2 Å². The van der Waals surface area contributed by atoms with E-state index in [2.05, 4.69) is 5.32 Å². The predicted molar refractivity (Wildman–Crippen MR) is 127 cm³/mol. The third kappa shape index (κ3) is 3.47. The monoisotopic (exact) mass is 474 g/mol. The van der Waals surface area contributed by atoms with E-state index in [0.29, 0.717) is 11.0 Å². The number of carbonyl (C=O) groups is 3. The van der Waals surface area contributed by atoms with E-state index >= 15 is 0 Å². The summed E-state index contributed by atoms with van der Waals surface area (Å²) >= 11 is 0. The van der Waals surface area contributed by atoms with Crippen molar-refractivity contribution in [2.75, 3.05) is 13.7 Å². The first kappa shape index (κ1) is 23.0. The average Bonchev–Trinajstić information content (AvgIpc) is 3.30. The van der Waals surface area contributed by atoms with Gasteiger partial charge in [-0.25, -0.2) is 0 Å². The molecule has 0 aliphatic carbocycles. The van der Waals surface area contributed by atoms with E-state index in [-0.39, 0.29) is 24.0 Å². The molecule has 2 aliphatic rings. The van der Waals surface area contributed by atoms with E-state index in [1.165, 1.54) is 13.3 Å². The topological polar surface area (TPSA) is 106 Å². The van der Waals surface area contributed by atoms with Crippen molar-refractivity contribution in [3.63, 3.8) is 0 Å². The van der Waals surface area contributed by atoms with E-state index in [1.807, 2.05) is 43.3 Å². The van der Waals surface area contributed by atoms with Crippen molar-refractivity contribution in [3.05, 3.63) is 81.7 Å². The van der Waals surface area contributed by atoms with Gasteiger partial charge in [0.05, 0.1) is 41.7 Å². The molecule has 2 aromatic carbocycles. The predicted octanol–water partition coefficient (Wildman–Crippen LogP) is 2.52. The molecule has 1 aromatic heterocycles. The lowest BCUT2D eigenvalue weighted by Crippen LogP contribution is -2.58. The zero-order valence-electron chi connectivity index (χ0n) is 19.7. The number of likely N-dealkylation sites (tertiary alicyclic amines) is 1. The second kappa shape index (κ2) is 8.46. The molecular formula is C27H26N2O6. The number of fused-ring (bicyclic) bond motifs is 2. The molecular weight excluding hydrogens is 448 g/mol. The van der Waals surface area contributed by atoms with Crippen molar-refractivity contribution in [2.24, 2.45) is 11.8 Å². The van der Waals surface area contributed by atoms with Crippen LogP contribution >= 0.6 is 0 Å². The summed E-state index contributed by atoms with van der Waals surface area (Å²) in [4.78, 5) is 54.8. The van der Waals surface area contributed by atoms with Gasteiger partial charge in [-0.15, -0.1) is 0 Å². The van der Waals surface area contributed by atoms with Crippen LogP contribution < -0.4 is 10.7 Å². The minimum absolute atomic E-state index is 0.106. The number of hydrogen-bond acceptors (Lipinski definition) is 7. The Kier molecular flexibility index (Phi) is 5.56. The maximum absolute atomic E-state index is 13.6. The highest BCUT2D eigenvalue weighted by molar-refractivity contribution is 6.09. The van der Waals surface area contributed by atoms with Crippen LogP contribution in [0.2, 0.25) is 0 Å². The molecule has 180 valence electrons. The van der Waals surface area contributed by atoms with E-state index in [9.17, 15) is 19.2 Å². The van der Waals surface area contributed by atoms with Gasteiger partial charge in [-0.3, -0.25) is 29.4 Å². The Hall–Kier alpha value is -3.78. The van der Waals surface area contributed by atoms with Gasteiger partial charge in [-0.1, -0.05) is 42.0 Å². The standard InChI is InChI=1S/C27H26N2O6/c1-4-34-26(33)27(13-16-8-6-5-7-9-16)21-20(24(31)29(3)25(21)32)22(28-27)18-14-35-19-11-10-15(2)12-17(19)23(18)30/h5-12,14,20-22,28H,4,13H2,1-3H3/t20-,21-,22-,27-/m1/s1. The van der Waals surface area contributed by atoms with E-state index in [1.54, 1.807) is 19.1 Å². The van der Waals surface area contributed by atoms with Crippen LogP contribution in [0.25, 0.3) is 11.0 Å². The van der Waals surface area contributed by atoms with Crippen LogP contribution in [-0.2, 0) is 25.5 Å². The number of nitrogens with zero attached hydrogens (tertiary/aromatic N) is 1. The zero-order valence-corrected chi connectivity index (χ0v) is 19.7. The summed E-state index contributed by atoms with van der Waals surface area (Å²) in [6.45, 7) is 3.66. The molecule has 0 spiro atoms. The molecule has 5 rings (SSSR count). The molecule has 3 heterocycles. The van der Waals surface area contributed by atoms with Crippen LogP contribution in [0.15, 0.2) is 64.0 Å². The summed E-state index contributed by atoms with van der Waals surface area (Å²) in [6.07, 6.45) is 1.45. The van der Waals surface area contributed by atoms with Crippen molar-refractivity contribution in [1.29, 1.82) is 0 Å². The highest BCUT2D eigenvalue weighted by atomic mass is 16.5. The molecule has 2 saturated heterocycles. The SMILES string of the molecule is CCOC(=O)[C@]1(Cc2ccccc2)N[C@H](c2coc3ccc(C)cc3c2=O)[C@@H]2C(=O)N(C)C(=O)[C@@H]21. The maximum Gasteiger partial charge on any atom is 0.327 e. The van der Waals surface area contributed by atoms with Crippen LogP contribution in [0, 0.1) is 18.8 Å². The van der Waals surface area contributed by atoms with Gasteiger partial charge in [0.15, 0.2) is 5.43 Å². The number of carbonyl (C=O) groups excluding carboxylic acids is 3. The summed E-state index contributed by atoms with van der Waals surface area (Å²) in [7, 11) is 1.41. The quantitative estimate of drug-likeness (QED) is 0.447. The third-order valence-corrected chi connectivity index (χ3v) is 7.13. The largest absolute Gasteiger partial charge is 0.465 e. The number of nitrogens with one attached hydrogen (secondary N) is 1. The first-order valence-corrected chi connectivity index (χ1v) is 11.6. The number of hydrogen-bond donors (Lipinski definition) is 1. The Bertz CT molecular complexity index is 1400. The minimum Gasteiger partial charge on any atom is -0.465 e. The summed E-state index contributed by atoms with van der Waals surface area (Å²) < 4.78 is 11.2. The Morgan fingerprint density at radius 1 is 1.11 bits per heavy atom. The fourth-order valence-electron chi connectivity index (χ4n) is 5.49. The van der Waals surface area contributed by atoms with Crippen LogP contribution in [0.1, 0.15) is 29.7 Å². The lowest BCUT2D eigenvalue weighted by atomic mass is 9.76. The number of amides is 2. The van der Waals surface area contributed by atoms with Crippen molar-refractivity contribution in [3.8, 4) is 0 Å². The summed E-state index contributed by atoms with van der Waals surface area (Å²) in [5.74, 6) is -3.53. The Morgan fingerprint density at radius 3 is 2.57 bits per heavy atom. The van der Waals surface area contributed by atoms with Crippen molar-refractivity contribution in [2.45, 2.75) is 31.8 Å². The highest BCUT2D eigenvalue weighted by Crippen LogP contribution is 2.49. The van der Waals surface area contributed by atoms with Crippen LogP contribution in [-0.4, -0.2) is 41.9 Å². The normalized spacial score (nSPS) is 25.8. The fraction of sp³-hybridized carbons (Fsp3) is 0.333. The number of aryl methyl sites for hydroxylation is 1. The summed E-state index contributed by atoms with van der Waals surface area (Å²) in [6, 6.07) is 13.6. The first-order chi connectivity index (χ1) is 16.8. The van der Waals surface area contributed by atoms with Crippen molar-refractivity contribution < 1.29 is 23.5 Å². The zero-order chi connectivity index (χ0) is 24.9. The number of ether oxygens (including phenoxy) is 1. The summed E-state index contributed by atoms with van der Waals surface area (Å²) in [5.41, 5.74) is 0.470. The molecule has 0 unspecified atom stereocenters. The van der Waals surface area contributed by atoms with Gasteiger partial charge in [0.2, 0.25) is 11.8 Å². The second-order valence-corrected chi connectivity index (χ2v) is 9.23. The lowest BCUT2D eigenvalue weighted by molar-refractivity contribution is -0.156. The smallest absolute Gasteiger partial charge is 0.327 e. The second-order valence-electron chi connectivity index (χ2n) is 9.23. The van der Waals surface area contributed by atoms with Gasteiger partial charge in [0.1, 0.15) is 11.1 Å². The van der Waals surface area contributed by atoms with Gasteiger partial charge in [0.25, 0.3) is 0 Å². The Labute approximate surface area is 201 Å². The number of imide groups is 1. The first-order valence-electron chi connectivity index (χ1n) is 11.6. The third-order valence-electron chi connectivity index (χ3n) is 7.13. The molecule has 2 fully saturated rings. The lowest BCUT2D eigenvalue weighted by Gasteiger charge is -2.32. The molecule has 0 saturated carbocycles. The average molecular weight is 475 g/mol. The van der Waals surface area contributed by atoms with Crippen LogP contribution in [0.5, 0.6) is 0 Å². The Balaban J connectivity index is 1.70. The van der Waals surface area contributed by atoms with Gasteiger partial charge in [-0.05, 0) is 31.5 Å². The fourth-order valence-corrected chi connectivity index (χ4v) is 5.49. The number of rotatable bonds is 5. The molecule has 8 nitrogen and oxygen atoms in total.